The van der Waals surface area contributed by atoms with Gasteiger partial charge in [0.25, 0.3) is 21.8 Å². The van der Waals surface area contributed by atoms with Crippen LogP contribution in [0, 0.1) is 11.6 Å². The van der Waals surface area contributed by atoms with Crippen LogP contribution in [0.2, 0.25) is 0 Å². The van der Waals surface area contributed by atoms with Gasteiger partial charge in [-0.25, -0.2) is 21.9 Å². The number of carbonyl (C=O) groups excluding carboxylic acids is 2. The number of nitrogens with zero attached hydrogens (tertiary/aromatic N) is 1. The molecule has 37 heavy (non-hydrogen) atoms. The van der Waals surface area contributed by atoms with Crippen LogP contribution in [-0.2, 0) is 14.8 Å². The maximum Gasteiger partial charge on any atom is 0.267 e. The quantitative estimate of drug-likeness (QED) is 0.452. The van der Waals surface area contributed by atoms with Gasteiger partial charge in [0.1, 0.15) is 22.6 Å². The molecule has 0 aliphatic carbocycles. The third-order valence-electron chi connectivity index (χ3n) is 5.32. The molecule has 194 valence electrons. The second-order valence-corrected chi connectivity index (χ2v) is 9.50. The highest BCUT2D eigenvalue weighted by Gasteiger charge is 2.26. The summed E-state index contributed by atoms with van der Waals surface area (Å²) in [7, 11) is -3.25. The fraction of sp³-hybridized carbons (Fsp3) is 0.208. The highest BCUT2D eigenvalue weighted by atomic mass is 32.2. The van der Waals surface area contributed by atoms with Crippen molar-refractivity contribution in [3.63, 3.8) is 0 Å². The molecule has 1 aliphatic rings. The van der Waals surface area contributed by atoms with Crippen molar-refractivity contribution < 1.29 is 41.0 Å². The topological polar surface area (TPSA) is 133 Å². The predicted octanol–water partition coefficient (Wildman–Crippen LogP) is 2.91. The highest BCUT2D eigenvalue weighted by Crippen LogP contribution is 2.32. The van der Waals surface area contributed by atoms with Gasteiger partial charge < -0.3 is 19.5 Å². The number of anilines is 1. The number of hydrogen-bond acceptors (Lipinski definition) is 8. The molecule has 3 aromatic rings. The van der Waals surface area contributed by atoms with Crippen molar-refractivity contribution in [1.82, 2.24) is 9.71 Å². The van der Waals surface area contributed by atoms with E-state index in [0.717, 1.165) is 18.3 Å². The summed E-state index contributed by atoms with van der Waals surface area (Å²) >= 11 is 0. The largest absolute Gasteiger partial charge is 0.493 e. The molecule has 1 atom stereocenters. The summed E-state index contributed by atoms with van der Waals surface area (Å²) in [5, 5.41) is 2.60. The second-order valence-electron chi connectivity index (χ2n) is 7.85. The first-order valence-electron chi connectivity index (χ1n) is 10.9. The lowest BCUT2D eigenvalue weighted by Crippen LogP contribution is -2.33. The zero-order chi connectivity index (χ0) is 26.6. The summed E-state index contributed by atoms with van der Waals surface area (Å²) in [6.07, 6.45) is 2.77. The van der Waals surface area contributed by atoms with Crippen LogP contribution in [0.3, 0.4) is 0 Å². The number of halogens is 2. The Morgan fingerprint density at radius 2 is 1.86 bits per heavy atom. The normalized spacial score (nSPS) is 15.2. The average Bonchev–Trinajstić information content (AvgIpc) is 3.37. The van der Waals surface area contributed by atoms with Crippen LogP contribution in [0.15, 0.2) is 59.8 Å². The fourth-order valence-corrected chi connectivity index (χ4v) is 4.56. The summed E-state index contributed by atoms with van der Waals surface area (Å²) in [6.45, 7) is 0.984. The van der Waals surface area contributed by atoms with Gasteiger partial charge in [-0.15, -0.1) is 0 Å². The molecule has 1 fully saturated rings. The SMILES string of the molecule is COc1ccc(NC(=O)c2cnccc2C(=O)NS(=O)(=O)c2ccc(F)cc2F)cc1O[C@@H]1CCOC1. The van der Waals surface area contributed by atoms with E-state index in [4.69, 9.17) is 14.2 Å². The van der Waals surface area contributed by atoms with E-state index in [9.17, 15) is 26.8 Å². The van der Waals surface area contributed by atoms with Crippen molar-refractivity contribution in [2.24, 2.45) is 0 Å². The first-order chi connectivity index (χ1) is 17.7. The van der Waals surface area contributed by atoms with Gasteiger partial charge in [-0.2, -0.15) is 0 Å². The van der Waals surface area contributed by atoms with E-state index in [-0.39, 0.29) is 17.2 Å². The lowest BCUT2D eigenvalue weighted by Gasteiger charge is -2.16. The number of benzene rings is 2. The van der Waals surface area contributed by atoms with Gasteiger partial charge in [0.15, 0.2) is 11.5 Å². The third kappa shape index (κ3) is 6.01. The van der Waals surface area contributed by atoms with Crippen LogP contribution < -0.4 is 19.5 Å². The number of methoxy groups -OCH3 is 1. The van der Waals surface area contributed by atoms with Gasteiger partial charge in [-0.3, -0.25) is 14.6 Å². The lowest BCUT2D eigenvalue weighted by atomic mass is 10.1. The number of hydrogen-bond donors (Lipinski definition) is 2. The summed E-state index contributed by atoms with van der Waals surface area (Å²) < 4.78 is 70.4. The number of amides is 2. The van der Waals surface area contributed by atoms with E-state index < -0.39 is 38.4 Å². The maximum atomic E-state index is 14.0. The van der Waals surface area contributed by atoms with Gasteiger partial charge in [0.05, 0.1) is 31.5 Å². The number of sulfonamides is 1. The Bertz CT molecular complexity index is 1440. The first kappa shape index (κ1) is 26.0. The Balaban J connectivity index is 1.55. The van der Waals surface area contributed by atoms with Crippen molar-refractivity contribution >= 4 is 27.5 Å². The minimum atomic E-state index is -4.72. The minimum absolute atomic E-state index is 0.179. The standard InChI is InChI=1S/C24H21F2N3O7S/c1-34-20-4-3-15(11-21(20)36-16-7-9-35-13-16)28-23(30)18-12-27-8-6-17(18)24(31)29-37(32,33)22-5-2-14(25)10-19(22)26/h2-6,8,10-12,16H,7,9,13H2,1H3,(H,28,30)(H,29,31)/t16-/m1/s1. The van der Waals surface area contributed by atoms with E-state index in [0.29, 0.717) is 49.0 Å². The molecule has 10 nitrogen and oxygen atoms in total. The summed E-state index contributed by atoms with van der Waals surface area (Å²) in [6, 6.07) is 7.59. The minimum Gasteiger partial charge on any atom is -0.493 e. The molecule has 1 saturated heterocycles. The van der Waals surface area contributed by atoms with Crippen LogP contribution in [0.4, 0.5) is 14.5 Å². The van der Waals surface area contributed by atoms with Crippen LogP contribution in [-0.4, -0.2) is 51.6 Å². The average molecular weight is 534 g/mol. The maximum absolute atomic E-state index is 14.0. The van der Waals surface area contributed by atoms with E-state index in [1.54, 1.807) is 16.9 Å². The molecular formula is C24H21F2N3O7S. The monoisotopic (exact) mass is 533 g/mol. The molecule has 13 heteroatoms. The zero-order valence-electron chi connectivity index (χ0n) is 19.4. The lowest BCUT2D eigenvalue weighted by molar-refractivity contribution is 0.0962. The Hall–Kier alpha value is -4.10. The fourth-order valence-electron chi connectivity index (χ4n) is 3.53. The van der Waals surface area contributed by atoms with Crippen molar-refractivity contribution in [2.45, 2.75) is 17.4 Å². The van der Waals surface area contributed by atoms with Gasteiger partial charge in [0.2, 0.25) is 0 Å². The summed E-state index contributed by atoms with van der Waals surface area (Å²) in [5.41, 5.74) is -0.292. The van der Waals surface area contributed by atoms with Crippen LogP contribution in [0.25, 0.3) is 0 Å². The Morgan fingerprint density at radius 1 is 1.05 bits per heavy atom. The van der Waals surface area contributed by atoms with Gasteiger partial charge >= 0.3 is 0 Å². The smallest absolute Gasteiger partial charge is 0.267 e. The number of pyridine rings is 1. The molecule has 0 radical (unpaired) electrons. The van der Waals surface area contributed by atoms with Gasteiger partial charge in [-0.1, -0.05) is 0 Å². The van der Waals surface area contributed by atoms with Crippen molar-refractivity contribution in [3.05, 3.63) is 77.6 Å². The second kappa shape index (κ2) is 10.9. The van der Waals surface area contributed by atoms with Crippen molar-refractivity contribution in [2.75, 3.05) is 25.6 Å². The molecule has 0 spiro atoms. The van der Waals surface area contributed by atoms with Crippen molar-refractivity contribution in [1.29, 1.82) is 0 Å². The molecule has 2 heterocycles. The predicted molar refractivity (Wildman–Crippen MR) is 126 cm³/mol. The summed E-state index contributed by atoms with van der Waals surface area (Å²) in [4.78, 5) is 28.7. The van der Waals surface area contributed by atoms with E-state index in [1.165, 1.54) is 19.4 Å². The Morgan fingerprint density at radius 3 is 2.57 bits per heavy atom. The zero-order valence-corrected chi connectivity index (χ0v) is 20.2. The van der Waals surface area contributed by atoms with Crippen LogP contribution in [0.5, 0.6) is 11.5 Å². The molecule has 2 amide bonds. The number of carbonyl (C=O) groups is 2. The van der Waals surface area contributed by atoms with Gasteiger partial charge in [0, 0.05) is 36.6 Å². The Kier molecular flexibility index (Phi) is 7.64. The number of aromatic nitrogens is 1. The molecule has 0 unspecified atom stereocenters. The molecule has 2 N–H and O–H groups in total. The van der Waals surface area contributed by atoms with Crippen molar-refractivity contribution in [3.8, 4) is 11.5 Å². The molecule has 2 aromatic carbocycles. The Labute approximate surface area is 210 Å². The van der Waals surface area contributed by atoms with Crippen LogP contribution >= 0.6 is 0 Å². The highest BCUT2D eigenvalue weighted by molar-refractivity contribution is 7.90. The number of ether oxygens (including phenoxy) is 3. The molecule has 1 aliphatic heterocycles. The van der Waals surface area contributed by atoms with Crippen LogP contribution in [0.1, 0.15) is 27.1 Å². The number of rotatable bonds is 8. The molecule has 0 bridgehead atoms. The first-order valence-corrected chi connectivity index (χ1v) is 12.4. The molecule has 4 rings (SSSR count). The molecular weight excluding hydrogens is 512 g/mol. The van der Waals surface area contributed by atoms with Gasteiger partial charge in [-0.05, 0) is 30.3 Å². The third-order valence-corrected chi connectivity index (χ3v) is 6.69. The van der Waals surface area contributed by atoms with E-state index in [2.05, 4.69) is 10.3 Å². The number of nitrogens with one attached hydrogen (secondary N) is 2. The summed E-state index contributed by atoms with van der Waals surface area (Å²) in [5.74, 6) is -3.55. The molecule has 0 saturated carbocycles. The van der Waals surface area contributed by atoms with E-state index >= 15 is 0 Å². The van der Waals surface area contributed by atoms with E-state index in [1.807, 2.05) is 0 Å². The molecule has 1 aromatic heterocycles.